The number of sulfonamides is 3. The van der Waals surface area contributed by atoms with Crippen molar-refractivity contribution in [3.8, 4) is 0 Å². The molecule has 1 amide bonds. The molecule has 0 bridgehead atoms. The SMILES string of the molecule is COCO[C@H]1CSC(C)(C)[C@H](C(=O)NO)N(S(=O)(=O)c2ccc(C)cc2)C1.COCO[C@H]1CSC(C)(C)[C@H](C(C)=O)N(S(=O)(=O)c2ccc(C)cc2)C1.COCO[C@H]1CSC(C)(C)[C@H](C(C)=O)N(S(=O)(=O)c2ccc(C)cc2)C1. The summed E-state index contributed by atoms with van der Waals surface area (Å²) in [6, 6.07) is 17.1. The van der Waals surface area contributed by atoms with E-state index >= 15 is 0 Å². The number of nitrogens with one attached hydrogen (secondary N) is 1. The lowest BCUT2D eigenvalue weighted by Crippen LogP contribution is -2.57. The van der Waals surface area contributed by atoms with E-state index in [2.05, 4.69) is 0 Å². The molecule has 0 radical (unpaired) electrons. The van der Waals surface area contributed by atoms with Crippen molar-refractivity contribution in [3.05, 3.63) is 89.5 Å². The summed E-state index contributed by atoms with van der Waals surface area (Å²) in [6.45, 7) is 20.1. The first-order valence-electron chi connectivity index (χ1n) is 25.3. The number of hydrogen-bond acceptors (Lipinski definition) is 19. The van der Waals surface area contributed by atoms with Gasteiger partial charge in [0.15, 0.2) is 0 Å². The predicted octanol–water partition coefficient (Wildman–Crippen LogP) is 6.29. The fourth-order valence-electron chi connectivity index (χ4n) is 9.21. The molecule has 0 saturated carbocycles. The predicted molar refractivity (Wildman–Crippen MR) is 308 cm³/mol. The normalized spacial score (nSPS) is 24.0. The smallest absolute Gasteiger partial charge is 0.263 e. The lowest BCUT2D eigenvalue weighted by atomic mass is 9.99. The largest absolute Gasteiger partial charge is 0.359 e. The van der Waals surface area contributed by atoms with Gasteiger partial charge >= 0.3 is 0 Å². The van der Waals surface area contributed by atoms with E-state index in [-0.39, 0.29) is 78.5 Å². The highest BCUT2D eigenvalue weighted by molar-refractivity contribution is 8.01. The maximum absolute atomic E-state index is 13.4. The first-order chi connectivity index (χ1) is 36.8. The summed E-state index contributed by atoms with van der Waals surface area (Å²) in [7, 11) is -7.18. The summed E-state index contributed by atoms with van der Waals surface area (Å²) in [5.74, 6) is 0.512. The number of benzene rings is 3. The molecule has 0 spiro atoms. The Hall–Kier alpha value is -3.03. The molecule has 6 rings (SSSR count). The zero-order valence-corrected chi connectivity index (χ0v) is 52.5. The molecule has 6 atom stereocenters. The number of rotatable bonds is 18. The Bertz CT molecular complexity index is 2690. The van der Waals surface area contributed by atoms with E-state index in [4.69, 9.17) is 28.4 Å². The number of ether oxygens (including phenoxy) is 6. The average Bonchev–Trinajstić information content (AvgIpc) is 3.83. The van der Waals surface area contributed by atoms with E-state index in [9.17, 15) is 44.8 Å². The number of hydroxylamine groups is 1. The van der Waals surface area contributed by atoms with Crippen molar-refractivity contribution in [1.29, 1.82) is 0 Å². The van der Waals surface area contributed by atoms with Crippen molar-refractivity contribution < 1.29 is 73.3 Å². The Kier molecular flexibility index (Phi) is 25.5. The third-order valence-electron chi connectivity index (χ3n) is 13.2. The zero-order chi connectivity index (χ0) is 59.3. The Morgan fingerprint density at radius 3 is 0.962 bits per heavy atom. The van der Waals surface area contributed by atoms with E-state index < -0.39 is 74.4 Å². The number of aryl methyl sites for hydroxylation is 3. The van der Waals surface area contributed by atoms with Crippen LogP contribution in [-0.4, -0.2) is 190 Å². The van der Waals surface area contributed by atoms with Crippen molar-refractivity contribution >= 4 is 82.8 Å². The molecule has 79 heavy (non-hydrogen) atoms. The number of ketones is 2. The molecule has 3 aliphatic rings. The Morgan fingerprint density at radius 1 is 0.494 bits per heavy atom. The lowest BCUT2D eigenvalue weighted by molar-refractivity contribution is -0.134. The van der Waals surface area contributed by atoms with Crippen LogP contribution in [0.5, 0.6) is 0 Å². The first kappa shape index (κ1) is 68.5. The average molecular weight is 1220 g/mol. The molecular formula is C53H80N4O16S6. The Labute approximate surface area is 481 Å². The summed E-state index contributed by atoms with van der Waals surface area (Å²) in [5.41, 5.74) is 4.48. The van der Waals surface area contributed by atoms with Crippen molar-refractivity contribution in [3.63, 3.8) is 0 Å². The summed E-state index contributed by atoms with van der Waals surface area (Å²) in [5, 5.41) is 9.23. The topological polar surface area (TPSA) is 251 Å². The summed E-state index contributed by atoms with van der Waals surface area (Å²) < 4.78 is 114. The molecule has 26 heteroatoms. The van der Waals surface area contributed by atoms with Crippen LogP contribution in [0.15, 0.2) is 87.5 Å². The van der Waals surface area contributed by atoms with Gasteiger partial charge in [-0.15, -0.1) is 0 Å². The van der Waals surface area contributed by atoms with Gasteiger partial charge < -0.3 is 28.4 Å². The molecule has 0 aromatic heterocycles. The van der Waals surface area contributed by atoms with Crippen LogP contribution in [0.4, 0.5) is 0 Å². The van der Waals surface area contributed by atoms with E-state index in [0.29, 0.717) is 17.3 Å². The molecular weight excluding hydrogens is 1140 g/mol. The van der Waals surface area contributed by atoms with Crippen LogP contribution >= 0.6 is 35.3 Å². The van der Waals surface area contributed by atoms with Gasteiger partial charge in [-0.1, -0.05) is 53.1 Å². The minimum atomic E-state index is -4.01. The van der Waals surface area contributed by atoms with Gasteiger partial charge in [-0.05, 0) is 113 Å². The number of methoxy groups -OCH3 is 3. The van der Waals surface area contributed by atoms with Crippen molar-refractivity contribution in [2.45, 2.75) is 142 Å². The van der Waals surface area contributed by atoms with Crippen molar-refractivity contribution in [1.82, 2.24) is 18.4 Å². The molecule has 20 nitrogen and oxygen atoms in total. The molecule has 3 fully saturated rings. The number of hydrogen-bond donors (Lipinski definition) is 2. The minimum Gasteiger partial charge on any atom is -0.359 e. The fraction of sp³-hybridized carbons (Fsp3) is 0.604. The van der Waals surface area contributed by atoms with Gasteiger partial charge in [-0.25, -0.2) is 30.7 Å². The second-order valence-electron chi connectivity index (χ2n) is 20.9. The third kappa shape index (κ3) is 18.0. The molecule has 3 aromatic rings. The van der Waals surface area contributed by atoms with Gasteiger partial charge in [0.25, 0.3) is 5.91 Å². The van der Waals surface area contributed by atoms with Crippen LogP contribution in [0, 0.1) is 20.8 Å². The maximum atomic E-state index is 13.4. The maximum Gasteiger partial charge on any atom is 0.263 e. The molecule has 2 N–H and O–H groups in total. The minimum absolute atomic E-state index is 0.0148. The van der Waals surface area contributed by atoms with Crippen LogP contribution in [0.25, 0.3) is 0 Å². The molecule has 3 saturated heterocycles. The standard InChI is InChI=1S/2C18H27NO5S2.C17H26N2O6S2/c2*1-13-6-8-16(9-7-13)26(21,22)19-10-15(24-12-23-5)11-25-18(3,4)17(19)14(2)20;1-12-5-7-14(8-6-12)27(22,23)19-9-13(25-11-24-4)10-26-17(2,3)15(19)16(20)18-21/h2*6-9,15,17H,10-12H2,1-5H3;5-8,13,15,21H,9-11H2,1-4H3,(H,18,20)/t2*15-,17+;13-,15+/m111/s1. The molecule has 3 aromatic carbocycles. The quantitative estimate of drug-likeness (QED) is 0.0806. The number of nitrogens with zero attached hydrogens (tertiary/aromatic N) is 3. The van der Waals surface area contributed by atoms with Gasteiger partial charge in [0.1, 0.15) is 38.0 Å². The number of Topliss-reactive ketones (excluding diaryl/α,β-unsaturated/α-hetero) is 2. The summed E-state index contributed by atoms with van der Waals surface area (Å²) in [4.78, 5) is 37.8. The van der Waals surface area contributed by atoms with E-state index in [1.54, 1.807) is 104 Å². The van der Waals surface area contributed by atoms with Gasteiger partial charge in [-0.2, -0.15) is 48.2 Å². The molecule has 3 aliphatic heterocycles. The van der Waals surface area contributed by atoms with Gasteiger partial charge in [0.2, 0.25) is 30.1 Å². The number of carbonyl (C=O) groups is 3. The van der Waals surface area contributed by atoms with Gasteiger partial charge in [0.05, 0.1) is 45.1 Å². The summed E-state index contributed by atoms with van der Waals surface area (Å²) >= 11 is 4.50. The number of carbonyl (C=O) groups excluding carboxylic acids is 3. The highest BCUT2D eigenvalue weighted by atomic mass is 32.2. The molecule has 444 valence electrons. The Morgan fingerprint density at radius 2 is 0.734 bits per heavy atom. The van der Waals surface area contributed by atoms with Gasteiger partial charge in [0, 0.05) is 72.5 Å². The van der Waals surface area contributed by atoms with Crippen LogP contribution < -0.4 is 5.48 Å². The van der Waals surface area contributed by atoms with E-state index in [1.807, 2.05) is 48.5 Å². The third-order valence-corrected chi connectivity index (χ3v) is 23.2. The highest BCUT2D eigenvalue weighted by Crippen LogP contribution is 2.41. The number of thioether (sulfide) groups is 3. The highest BCUT2D eigenvalue weighted by Gasteiger charge is 2.51. The monoisotopic (exact) mass is 1220 g/mol. The van der Waals surface area contributed by atoms with Crippen LogP contribution in [0.2, 0.25) is 0 Å². The van der Waals surface area contributed by atoms with Gasteiger partial charge in [-0.3, -0.25) is 19.6 Å². The second-order valence-corrected chi connectivity index (χ2v) is 31.6. The summed E-state index contributed by atoms with van der Waals surface area (Å²) in [6.07, 6.45) is -1.18. The van der Waals surface area contributed by atoms with Crippen LogP contribution in [0.1, 0.15) is 72.1 Å². The molecule has 3 heterocycles. The molecule has 0 unspecified atom stereocenters. The first-order valence-corrected chi connectivity index (χ1v) is 32.5. The van der Waals surface area contributed by atoms with Crippen molar-refractivity contribution in [2.24, 2.45) is 0 Å². The number of amides is 1. The fourth-order valence-corrected chi connectivity index (χ4v) is 18.5. The van der Waals surface area contributed by atoms with Crippen molar-refractivity contribution in [2.75, 3.05) is 78.6 Å². The van der Waals surface area contributed by atoms with Crippen LogP contribution in [0.3, 0.4) is 0 Å². The molecule has 0 aliphatic carbocycles. The van der Waals surface area contributed by atoms with Crippen LogP contribution in [-0.2, 0) is 72.9 Å². The Balaban J connectivity index is 0.000000255. The lowest BCUT2D eigenvalue weighted by Gasteiger charge is -2.37. The van der Waals surface area contributed by atoms with E-state index in [0.717, 1.165) is 21.0 Å². The van der Waals surface area contributed by atoms with E-state index in [1.165, 1.54) is 67.7 Å². The second kappa shape index (κ2) is 29.5. The zero-order valence-electron chi connectivity index (χ0n) is 47.6.